The third-order valence-corrected chi connectivity index (χ3v) is 6.37. The molecule has 3 nitrogen and oxygen atoms in total. The summed E-state index contributed by atoms with van der Waals surface area (Å²) in [6.45, 7) is 0. The molecule has 122 valence electrons. The number of carbonyl (C=O) groups excluding carboxylic acids is 1. The molecule has 3 heteroatoms. The molecule has 0 bridgehead atoms. The molecule has 2 fully saturated rings. The molecular formula is C20H24O3. The highest BCUT2D eigenvalue weighted by Gasteiger charge is 2.57. The Morgan fingerprint density at radius 1 is 1.30 bits per heavy atom. The van der Waals surface area contributed by atoms with Gasteiger partial charge in [-0.1, -0.05) is 49.3 Å². The molecule has 3 aliphatic rings. The minimum atomic E-state index is -0.774. The summed E-state index contributed by atoms with van der Waals surface area (Å²) in [4.78, 5) is 12.4. The van der Waals surface area contributed by atoms with Gasteiger partial charge in [0.1, 0.15) is 0 Å². The zero-order valence-electron chi connectivity index (χ0n) is 13.6. The maximum atomic E-state index is 12.4. The van der Waals surface area contributed by atoms with E-state index in [2.05, 4.69) is 30.4 Å². The van der Waals surface area contributed by atoms with Crippen molar-refractivity contribution in [1.82, 2.24) is 0 Å². The van der Waals surface area contributed by atoms with Crippen molar-refractivity contribution >= 4 is 12.0 Å². The van der Waals surface area contributed by atoms with E-state index in [9.17, 15) is 9.90 Å². The van der Waals surface area contributed by atoms with Crippen LogP contribution in [0.2, 0.25) is 0 Å². The van der Waals surface area contributed by atoms with Crippen molar-refractivity contribution in [1.29, 1.82) is 0 Å². The SMILES string of the molecule is COC(=O)[C@@H]1C[C@H]2c3ccccc3C=C[C@H]2[C@@]2(O)CCCC[C@@H]12. The van der Waals surface area contributed by atoms with E-state index in [1.807, 2.05) is 6.07 Å². The number of aliphatic hydroxyl groups is 1. The van der Waals surface area contributed by atoms with Gasteiger partial charge in [-0.05, 0) is 36.3 Å². The van der Waals surface area contributed by atoms with Crippen molar-refractivity contribution < 1.29 is 14.6 Å². The first-order chi connectivity index (χ1) is 11.1. The lowest BCUT2D eigenvalue weighted by atomic mass is 9.52. The first-order valence-corrected chi connectivity index (χ1v) is 8.72. The second-order valence-corrected chi connectivity index (χ2v) is 7.33. The van der Waals surface area contributed by atoms with E-state index in [1.54, 1.807) is 0 Å². The molecular weight excluding hydrogens is 288 g/mol. The Kier molecular flexibility index (Phi) is 3.56. The largest absolute Gasteiger partial charge is 0.469 e. The minimum absolute atomic E-state index is 0.0277. The fourth-order valence-corrected chi connectivity index (χ4v) is 5.34. The summed E-state index contributed by atoms with van der Waals surface area (Å²) in [6, 6.07) is 8.37. The van der Waals surface area contributed by atoms with Crippen LogP contribution < -0.4 is 0 Å². The number of esters is 1. The molecule has 0 aliphatic heterocycles. The summed E-state index contributed by atoms with van der Waals surface area (Å²) in [5.74, 6) is 0.00929. The second kappa shape index (κ2) is 5.48. The second-order valence-electron chi connectivity index (χ2n) is 7.33. The number of benzene rings is 1. The number of fused-ring (bicyclic) bond motifs is 5. The quantitative estimate of drug-likeness (QED) is 0.807. The number of carbonyl (C=O) groups is 1. The lowest BCUT2D eigenvalue weighted by Gasteiger charge is -2.55. The van der Waals surface area contributed by atoms with Crippen molar-refractivity contribution in [2.24, 2.45) is 17.8 Å². The predicted molar refractivity (Wildman–Crippen MR) is 88.7 cm³/mol. The van der Waals surface area contributed by atoms with Crippen LogP contribution in [-0.2, 0) is 9.53 Å². The van der Waals surface area contributed by atoms with E-state index in [1.165, 1.54) is 18.2 Å². The van der Waals surface area contributed by atoms with Crippen molar-refractivity contribution in [3.05, 3.63) is 41.5 Å². The Bertz CT molecular complexity index is 650. The minimum Gasteiger partial charge on any atom is -0.469 e. The Labute approximate surface area is 137 Å². The highest BCUT2D eigenvalue weighted by atomic mass is 16.5. The van der Waals surface area contributed by atoms with Gasteiger partial charge in [0.2, 0.25) is 0 Å². The molecule has 1 aromatic rings. The average molecular weight is 312 g/mol. The van der Waals surface area contributed by atoms with E-state index in [-0.39, 0.29) is 29.6 Å². The summed E-state index contributed by atoms with van der Waals surface area (Å²) in [7, 11) is 1.46. The first kappa shape index (κ1) is 14.9. The third-order valence-electron chi connectivity index (χ3n) is 6.37. The summed E-state index contributed by atoms with van der Waals surface area (Å²) in [6.07, 6.45) is 8.98. The fraction of sp³-hybridized carbons (Fsp3) is 0.550. The molecule has 0 unspecified atom stereocenters. The summed E-state index contributed by atoms with van der Waals surface area (Å²) in [5.41, 5.74) is 1.71. The fourth-order valence-electron chi connectivity index (χ4n) is 5.34. The van der Waals surface area contributed by atoms with Gasteiger partial charge < -0.3 is 9.84 Å². The van der Waals surface area contributed by atoms with Gasteiger partial charge in [-0.15, -0.1) is 0 Å². The molecule has 0 radical (unpaired) electrons. The normalized spacial score (nSPS) is 38.2. The van der Waals surface area contributed by atoms with Crippen LogP contribution in [0, 0.1) is 17.8 Å². The number of hydrogen-bond donors (Lipinski definition) is 1. The number of methoxy groups -OCH3 is 1. The van der Waals surface area contributed by atoms with E-state index in [0.717, 1.165) is 32.1 Å². The van der Waals surface area contributed by atoms with Gasteiger partial charge in [0, 0.05) is 11.8 Å². The van der Waals surface area contributed by atoms with Gasteiger partial charge in [0.05, 0.1) is 18.6 Å². The molecule has 5 atom stereocenters. The van der Waals surface area contributed by atoms with Crippen molar-refractivity contribution in [3.63, 3.8) is 0 Å². The molecule has 4 rings (SSSR count). The molecule has 23 heavy (non-hydrogen) atoms. The standard InChI is InChI=1S/C20H24O3/c1-23-19(21)16-12-15-14-7-3-2-6-13(14)9-10-18(15)20(22)11-5-4-8-17(16)20/h2-3,6-7,9-10,15-18,22H,4-5,8,11-12H2,1H3/t15-,16+,17-,18+,20+/m0/s1. The lowest BCUT2D eigenvalue weighted by molar-refractivity contribution is -0.170. The van der Waals surface area contributed by atoms with Crippen molar-refractivity contribution in [2.75, 3.05) is 7.11 Å². The number of hydrogen-bond acceptors (Lipinski definition) is 3. The van der Waals surface area contributed by atoms with Gasteiger partial charge in [0.25, 0.3) is 0 Å². The maximum Gasteiger partial charge on any atom is 0.309 e. The summed E-state index contributed by atoms with van der Waals surface area (Å²) >= 11 is 0. The van der Waals surface area contributed by atoms with Gasteiger partial charge in [0.15, 0.2) is 0 Å². The van der Waals surface area contributed by atoms with Crippen LogP contribution in [0.25, 0.3) is 6.08 Å². The smallest absolute Gasteiger partial charge is 0.309 e. The zero-order chi connectivity index (χ0) is 16.0. The Morgan fingerprint density at radius 2 is 2.13 bits per heavy atom. The number of ether oxygens (including phenoxy) is 1. The molecule has 0 amide bonds. The first-order valence-electron chi connectivity index (χ1n) is 8.72. The maximum absolute atomic E-state index is 12.4. The molecule has 3 aliphatic carbocycles. The van der Waals surface area contributed by atoms with E-state index in [0.29, 0.717) is 0 Å². The van der Waals surface area contributed by atoms with Gasteiger partial charge in [-0.25, -0.2) is 0 Å². The molecule has 2 saturated carbocycles. The highest BCUT2D eigenvalue weighted by molar-refractivity contribution is 5.74. The highest BCUT2D eigenvalue weighted by Crippen LogP contribution is 2.57. The topological polar surface area (TPSA) is 46.5 Å². The third kappa shape index (κ3) is 2.17. The van der Waals surface area contributed by atoms with E-state index < -0.39 is 5.60 Å². The Balaban J connectivity index is 1.80. The van der Waals surface area contributed by atoms with Crippen LogP contribution in [0.15, 0.2) is 30.3 Å². The molecule has 1 N–H and O–H groups in total. The van der Waals surface area contributed by atoms with E-state index in [4.69, 9.17) is 4.74 Å². The monoisotopic (exact) mass is 312 g/mol. The van der Waals surface area contributed by atoms with Crippen LogP contribution in [0.3, 0.4) is 0 Å². The molecule has 0 aromatic heterocycles. The van der Waals surface area contributed by atoms with Gasteiger partial charge in [-0.2, -0.15) is 0 Å². The lowest BCUT2D eigenvalue weighted by Crippen LogP contribution is -2.57. The Morgan fingerprint density at radius 3 is 2.96 bits per heavy atom. The van der Waals surface area contributed by atoms with Crippen molar-refractivity contribution in [2.45, 2.75) is 43.6 Å². The summed E-state index contributed by atoms with van der Waals surface area (Å²) in [5, 5.41) is 11.6. The van der Waals surface area contributed by atoms with Gasteiger partial charge >= 0.3 is 5.97 Å². The van der Waals surface area contributed by atoms with Crippen LogP contribution in [0.1, 0.15) is 49.1 Å². The van der Waals surface area contributed by atoms with Crippen LogP contribution in [0.5, 0.6) is 0 Å². The van der Waals surface area contributed by atoms with Crippen LogP contribution >= 0.6 is 0 Å². The molecule has 0 spiro atoms. The van der Waals surface area contributed by atoms with Crippen LogP contribution in [0.4, 0.5) is 0 Å². The zero-order valence-corrected chi connectivity index (χ0v) is 13.6. The van der Waals surface area contributed by atoms with Crippen molar-refractivity contribution in [3.8, 4) is 0 Å². The Hall–Kier alpha value is -1.61. The molecule has 1 aromatic carbocycles. The molecule has 0 heterocycles. The van der Waals surface area contributed by atoms with E-state index >= 15 is 0 Å². The molecule has 0 saturated heterocycles. The number of rotatable bonds is 1. The van der Waals surface area contributed by atoms with Gasteiger partial charge in [-0.3, -0.25) is 4.79 Å². The van der Waals surface area contributed by atoms with Crippen LogP contribution in [-0.4, -0.2) is 23.8 Å². The predicted octanol–water partition coefficient (Wildman–Crippen LogP) is 3.53. The summed E-state index contributed by atoms with van der Waals surface area (Å²) < 4.78 is 5.08. The average Bonchev–Trinajstić information content (AvgIpc) is 2.59.